The van der Waals surface area contributed by atoms with E-state index in [0.717, 1.165) is 6.07 Å². The molecule has 0 spiro atoms. The summed E-state index contributed by atoms with van der Waals surface area (Å²) in [5.41, 5.74) is -1.71. The first-order chi connectivity index (χ1) is 9.79. The Hall–Kier alpha value is -2.15. The normalized spacial score (nSPS) is 11.3. The van der Waals surface area contributed by atoms with Crippen LogP contribution in [0.3, 0.4) is 0 Å². The number of carbonyl (C=O) groups excluding carboxylic acids is 1. The van der Waals surface area contributed by atoms with Crippen molar-refractivity contribution in [2.24, 2.45) is 0 Å². The van der Waals surface area contributed by atoms with E-state index in [-0.39, 0.29) is 16.4 Å². The standard InChI is InChI=1S/C13H7ClF4N2O/c14-11-10(2-1-5-19-11)20-12(21)7-3-4-9(15)8(6-7)13(16,17)18/h1-6H,(H,20,21). The van der Waals surface area contributed by atoms with Crippen molar-refractivity contribution in [2.75, 3.05) is 5.32 Å². The second-order valence-corrected chi connectivity index (χ2v) is 4.35. The SMILES string of the molecule is O=C(Nc1cccnc1Cl)c1ccc(F)c(C(F)(F)F)c1. The lowest BCUT2D eigenvalue weighted by molar-refractivity contribution is -0.140. The summed E-state index contributed by atoms with van der Waals surface area (Å²) in [6.45, 7) is 0. The van der Waals surface area contributed by atoms with Crippen LogP contribution < -0.4 is 5.32 Å². The lowest BCUT2D eigenvalue weighted by atomic mass is 10.1. The van der Waals surface area contributed by atoms with E-state index in [1.54, 1.807) is 0 Å². The average Bonchev–Trinajstić information content (AvgIpc) is 2.40. The maximum atomic E-state index is 13.1. The number of amides is 1. The zero-order chi connectivity index (χ0) is 15.6. The van der Waals surface area contributed by atoms with Gasteiger partial charge in [0.05, 0.1) is 11.3 Å². The molecule has 2 aromatic rings. The van der Waals surface area contributed by atoms with Crippen LogP contribution in [0.1, 0.15) is 15.9 Å². The third-order valence-corrected chi connectivity index (χ3v) is 2.84. The first kappa shape index (κ1) is 15.2. The second kappa shape index (κ2) is 5.69. The van der Waals surface area contributed by atoms with Gasteiger partial charge >= 0.3 is 6.18 Å². The summed E-state index contributed by atoms with van der Waals surface area (Å²) in [5, 5.41) is 2.29. The van der Waals surface area contributed by atoms with Crippen molar-refractivity contribution in [3.8, 4) is 0 Å². The van der Waals surface area contributed by atoms with E-state index in [9.17, 15) is 22.4 Å². The van der Waals surface area contributed by atoms with Gasteiger partial charge in [0.2, 0.25) is 0 Å². The maximum Gasteiger partial charge on any atom is 0.419 e. The van der Waals surface area contributed by atoms with Gasteiger partial charge in [0.25, 0.3) is 5.91 Å². The predicted octanol–water partition coefficient (Wildman–Crippen LogP) is 4.15. The summed E-state index contributed by atoms with van der Waals surface area (Å²) in [6.07, 6.45) is -3.50. The molecule has 1 N–H and O–H groups in total. The number of anilines is 1. The molecule has 0 aliphatic heterocycles. The number of aromatic nitrogens is 1. The number of hydrogen-bond donors (Lipinski definition) is 1. The molecule has 1 heterocycles. The lowest BCUT2D eigenvalue weighted by Crippen LogP contribution is -2.15. The third-order valence-electron chi connectivity index (χ3n) is 2.54. The summed E-state index contributed by atoms with van der Waals surface area (Å²) in [5.74, 6) is -2.30. The topological polar surface area (TPSA) is 42.0 Å². The van der Waals surface area contributed by atoms with Crippen molar-refractivity contribution in [1.82, 2.24) is 4.98 Å². The third kappa shape index (κ3) is 3.49. The number of benzene rings is 1. The Morgan fingerprint density at radius 2 is 1.95 bits per heavy atom. The summed E-state index contributed by atoms with van der Waals surface area (Å²) in [7, 11) is 0. The molecule has 8 heteroatoms. The average molecular weight is 319 g/mol. The molecule has 1 aromatic carbocycles. The molecule has 0 saturated heterocycles. The Labute approximate surface area is 121 Å². The highest BCUT2D eigenvalue weighted by Crippen LogP contribution is 2.32. The fraction of sp³-hybridized carbons (Fsp3) is 0.0769. The van der Waals surface area contributed by atoms with Crippen LogP contribution >= 0.6 is 11.6 Å². The van der Waals surface area contributed by atoms with Crippen LogP contribution in [0.2, 0.25) is 5.15 Å². The fourth-order valence-electron chi connectivity index (χ4n) is 1.56. The Morgan fingerprint density at radius 1 is 1.24 bits per heavy atom. The summed E-state index contributed by atoms with van der Waals surface area (Å²) < 4.78 is 50.9. The lowest BCUT2D eigenvalue weighted by Gasteiger charge is -2.10. The van der Waals surface area contributed by atoms with E-state index in [4.69, 9.17) is 11.6 Å². The molecule has 3 nitrogen and oxygen atoms in total. The minimum atomic E-state index is -4.88. The molecule has 110 valence electrons. The van der Waals surface area contributed by atoms with Crippen LogP contribution in [0.4, 0.5) is 23.2 Å². The van der Waals surface area contributed by atoms with Crippen molar-refractivity contribution in [1.29, 1.82) is 0 Å². The van der Waals surface area contributed by atoms with Crippen LogP contribution in [0.25, 0.3) is 0 Å². The largest absolute Gasteiger partial charge is 0.419 e. The molecule has 1 aromatic heterocycles. The molecule has 0 fully saturated rings. The Bertz CT molecular complexity index is 688. The molecule has 0 atom stereocenters. The number of rotatable bonds is 2. The molecule has 0 radical (unpaired) electrons. The molecule has 21 heavy (non-hydrogen) atoms. The minimum absolute atomic E-state index is 0.0102. The van der Waals surface area contributed by atoms with E-state index in [1.165, 1.54) is 18.3 Å². The van der Waals surface area contributed by atoms with Crippen LogP contribution in [0, 0.1) is 5.82 Å². The van der Waals surface area contributed by atoms with Crippen LogP contribution in [-0.2, 0) is 6.18 Å². The minimum Gasteiger partial charge on any atom is -0.319 e. The number of alkyl halides is 3. The van der Waals surface area contributed by atoms with E-state index >= 15 is 0 Å². The number of nitrogens with one attached hydrogen (secondary N) is 1. The van der Waals surface area contributed by atoms with Crippen molar-refractivity contribution in [3.05, 3.63) is 58.6 Å². The number of hydrogen-bond acceptors (Lipinski definition) is 2. The summed E-state index contributed by atoms with van der Waals surface area (Å²) in [6, 6.07) is 4.90. The van der Waals surface area contributed by atoms with Crippen LogP contribution in [0.5, 0.6) is 0 Å². The van der Waals surface area contributed by atoms with Gasteiger partial charge in [-0.25, -0.2) is 9.37 Å². The van der Waals surface area contributed by atoms with Crippen LogP contribution in [0.15, 0.2) is 36.5 Å². The highest BCUT2D eigenvalue weighted by Gasteiger charge is 2.34. The van der Waals surface area contributed by atoms with E-state index in [2.05, 4.69) is 10.3 Å². The van der Waals surface area contributed by atoms with Gasteiger partial charge in [-0.2, -0.15) is 13.2 Å². The molecule has 0 aliphatic carbocycles. The maximum absolute atomic E-state index is 13.1. The number of nitrogens with zero attached hydrogens (tertiary/aromatic N) is 1. The van der Waals surface area contributed by atoms with Crippen LogP contribution in [-0.4, -0.2) is 10.9 Å². The monoisotopic (exact) mass is 318 g/mol. The number of pyridine rings is 1. The van der Waals surface area contributed by atoms with Crippen molar-refractivity contribution < 1.29 is 22.4 Å². The van der Waals surface area contributed by atoms with Gasteiger partial charge in [-0.1, -0.05) is 11.6 Å². The van der Waals surface area contributed by atoms with Gasteiger partial charge in [0, 0.05) is 11.8 Å². The smallest absolute Gasteiger partial charge is 0.319 e. The molecule has 0 bridgehead atoms. The Balaban J connectivity index is 2.31. The zero-order valence-electron chi connectivity index (χ0n) is 10.2. The Kier molecular flexibility index (Phi) is 4.13. The van der Waals surface area contributed by atoms with E-state index in [0.29, 0.717) is 12.1 Å². The molecule has 0 saturated carbocycles. The van der Waals surface area contributed by atoms with Gasteiger partial charge in [-0.15, -0.1) is 0 Å². The summed E-state index contributed by atoms with van der Waals surface area (Å²) in [4.78, 5) is 15.6. The van der Waals surface area contributed by atoms with Gasteiger partial charge < -0.3 is 5.32 Å². The van der Waals surface area contributed by atoms with Gasteiger partial charge in [0.15, 0.2) is 5.15 Å². The van der Waals surface area contributed by atoms with Crippen molar-refractivity contribution in [2.45, 2.75) is 6.18 Å². The zero-order valence-corrected chi connectivity index (χ0v) is 11.0. The molecule has 2 rings (SSSR count). The van der Waals surface area contributed by atoms with Gasteiger partial charge in [0.1, 0.15) is 5.82 Å². The molecule has 1 amide bonds. The van der Waals surface area contributed by atoms with Gasteiger partial charge in [-0.3, -0.25) is 4.79 Å². The molecular weight excluding hydrogens is 312 g/mol. The van der Waals surface area contributed by atoms with E-state index < -0.39 is 23.5 Å². The Morgan fingerprint density at radius 3 is 2.57 bits per heavy atom. The summed E-state index contributed by atoms with van der Waals surface area (Å²) >= 11 is 5.72. The van der Waals surface area contributed by atoms with Crippen molar-refractivity contribution in [3.63, 3.8) is 0 Å². The molecule has 0 unspecified atom stereocenters. The number of carbonyl (C=O) groups is 1. The fourth-order valence-corrected chi connectivity index (χ4v) is 1.72. The molecular formula is C13H7ClF4N2O. The highest BCUT2D eigenvalue weighted by atomic mass is 35.5. The quantitative estimate of drug-likeness (QED) is 0.668. The second-order valence-electron chi connectivity index (χ2n) is 3.99. The van der Waals surface area contributed by atoms with Gasteiger partial charge in [-0.05, 0) is 30.3 Å². The molecule has 0 aliphatic rings. The number of halogens is 5. The first-order valence-electron chi connectivity index (χ1n) is 5.57. The predicted molar refractivity (Wildman–Crippen MR) is 68.6 cm³/mol. The highest BCUT2D eigenvalue weighted by molar-refractivity contribution is 6.32. The van der Waals surface area contributed by atoms with Crippen molar-refractivity contribution >= 4 is 23.2 Å². The van der Waals surface area contributed by atoms with E-state index in [1.807, 2.05) is 0 Å². The first-order valence-corrected chi connectivity index (χ1v) is 5.95.